The molecule has 2 amide bonds. The molecule has 0 spiro atoms. The topological polar surface area (TPSA) is 127 Å². The molecule has 0 saturated heterocycles. The molecule has 0 aliphatic heterocycles. The van der Waals surface area contributed by atoms with Gasteiger partial charge in [0.25, 0.3) is 5.91 Å². The van der Waals surface area contributed by atoms with E-state index in [2.05, 4.69) is 31.1 Å². The summed E-state index contributed by atoms with van der Waals surface area (Å²) in [5.74, 6) is 0.327. The fourth-order valence-electron chi connectivity index (χ4n) is 3.10. The first kappa shape index (κ1) is 18.9. The molecular weight excluding hydrogens is 350 g/mol. The average molecular weight is 375 g/mol. The number of aryl methyl sites for hydroxylation is 1. The van der Waals surface area contributed by atoms with Crippen LogP contribution in [0.15, 0.2) is 12.3 Å². The van der Waals surface area contributed by atoms with Crippen LogP contribution in [0.5, 0.6) is 0 Å². The Balaban J connectivity index is 1.52. The molecule has 1 saturated carbocycles. The van der Waals surface area contributed by atoms with Crippen LogP contribution >= 0.6 is 0 Å². The van der Waals surface area contributed by atoms with Crippen LogP contribution in [0, 0.1) is 0 Å². The number of hydrogen-bond donors (Lipinski definition) is 3. The molecular formula is C17H25N7O3. The number of ether oxygens (including phenoxy) is 1. The van der Waals surface area contributed by atoms with Crippen LogP contribution in [-0.2, 0) is 11.8 Å². The Bertz CT molecular complexity index is 800. The number of nitrogens with zero attached hydrogens (tertiary/aromatic N) is 4. The minimum absolute atomic E-state index is 0.100. The van der Waals surface area contributed by atoms with Gasteiger partial charge in [0.2, 0.25) is 0 Å². The minimum atomic E-state index is -0.364. The summed E-state index contributed by atoms with van der Waals surface area (Å²) < 4.78 is 6.89. The van der Waals surface area contributed by atoms with Crippen LogP contribution in [0.1, 0.15) is 61.6 Å². The average Bonchev–Trinajstić information content (AvgIpc) is 3.35. The van der Waals surface area contributed by atoms with Crippen molar-refractivity contribution in [2.24, 2.45) is 7.05 Å². The number of carbonyl (C=O) groups excluding carboxylic acids is 2. The maximum absolute atomic E-state index is 12.2. The largest absolute Gasteiger partial charge is 0.446 e. The lowest BCUT2D eigenvalue weighted by molar-refractivity contribution is 0.0972. The van der Waals surface area contributed by atoms with E-state index in [-0.39, 0.29) is 30.1 Å². The van der Waals surface area contributed by atoms with Gasteiger partial charge in [0, 0.05) is 30.8 Å². The quantitative estimate of drug-likeness (QED) is 0.708. The molecule has 2 aromatic heterocycles. The van der Waals surface area contributed by atoms with Crippen molar-refractivity contribution >= 4 is 17.8 Å². The fraction of sp³-hybridized carbons (Fsp3) is 0.588. The van der Waals surface area contributed by atoms with Crippen LogP contribution in [0.25, 0.3) is 0 Å². The van der Waals surface area contributed by atoms with E-state index < -0.39 is 0 Å². The van der Waals surface area contributed by atoms with E-state index in [1.165, 1.54) is 10.9 Å². The number of aromatic nitrogens is 5. The van der Waals surface area contributed by atoms with Gasteiger partial charge in [0.05, 0.1) is 6.20 Å². The van der Waals surface area contributed by atoms with Crippen LogP contribution in [0.2, 0.25) is 0 Å². The van der Waals surface area contributed by atoms with Gasteiger partial charge in [-0.2, -0.15) is 5.10 Å². The molecule has 0 bridgehead atoms. The highest BCUT2D eigenvalue weighted by molar-refractivity contribution is 6.02. The lowest BCUT2D eigenvalue weighted by Crippen LogP contribution is -2.34. The summed E-state index contributed by atoms with van der Waals surface area (Å²) in [7, 11) is 1.65. The number of amides is 2. The Morgan fingerprint density at radius 3 is 2.96 bits per heavy atom. The van der Waals surface area contributed by atoms with E-state index in [1.54, 1.807) is 7.05 Å². The summed E-state index contributed by atoms with van der Waals surface area (Å²) >= 11 is 0. The Kier molecular flexibility index (Phi) is 5.72. The molecule has 27 heavy (non-hydrogen) atoms. The number of hydrogen-bond acceptors (Lipinski definition) is 6. The third-order valence-electron chi connectivity index (χ3n) is 4.86. The first-order chi connectivity index (χ1) is 13.0. The van der Waals surface area contributed by atoms with Gasteiger partial charge in [-0.05, 0) is 32.6 Å². The van der Waals surface area contributed by atoms with Crippen molar-refractivity contribution < 1.29 is 14.3 Å². The van der Waals surface area contributed by atoms with Crippen molar-refractivity contribution in [2.75, 3.05) is 5.32 Å². The number of carbonyl (C=O) groups is 2. The Labute approximate surface area is 157 Å². The van der Waals surface area contributed by atoms with Crippen LogP contribution in [0.4, 0.5) is 10.6 Å². The summed E-state index contributed by atoms with van der Waals surface area (Å²) in [5, 5.41) is 20.1. The smallest absolute Gasteiger partial charge is 0.407 e. The zero-order chi connectivity index (χ0) is 19.4. The van der Waals surface area contributed by atoms with E-state index in [4.69, 9.17) is 4.74 Å². The van der Waals surface area contributed by atoms with Crippen molar-refractivity contribution in [3.8, 4) is 0 Å². The van der Waals surface area contributed by atoms with E-state index >= 15 is 0 Å². The predicted octanol–water partition coefficient (Wildman–Crippen LogP) is 1.95. The zero-order valence-corrected chi connectivity index (χ0v) is 15.7. The third kappa shape index (κ3) is 4.63. The molecule has 1 fully saturated rings. The van der Waals surface area contributed by atoms with Gasteiger partial charge in [-0.15, -0.1) is 5.10 Å². The first-order valence-electron chi connectivity index (χ1n) is 9.14. The number of aromatic amines is 1. The Morgan fingerprint density at radius 2 is 2.26 bits per heavy atom. The molecule has 2 aromatic rings. The second-order valence-corrected chi connectivity index (χ2v) is 6.90. The lowest BCUT2D eigenvalue weighted by Gasteiger charge is -2.16. The molecule has 1 aliphatic rings. The molecule has 10 nitrogen and oxygen atoms in total. The van der Waals surface area contributed by atoms with E-state index in [0.29, 0.717) is 11.5 Å². The number of anilines is 1. The van der Waals surface area contributed by atoms with Crippen LogP contribution < -0.4 is 10.6 Å². The normalized spacial score (nSPS) is 20.3. The van der Waals surface area contributed by atoms with E-state index in [9.17, 15) is 9.59 Å². The molecule has 3 N–H and O–H groups in total. The van der Waals surface area contributed by atoms with Gasteiger partial charge in [-0.25, -0.2) is 9.48 Å². The van der Waals surface area contributed by atoms with Crippen LogP contribution in [0.3, 0.4) is 0 Å². The zero-order valence-electron chi connectivity index (χ0n) is 15.7. The van der Waals surface area contributed by atoms with Crippen molar-refractivity contribution in [3.05, 3.63) is 23.7 Å². The highest BCUT2D eigenvalue weighted by atomic mass is 16.6. The number of H-pyrrole nitrogens is 1. The van der Waals surface area contributed by atoms with Gasteiger partial charge in [0.1, 0.15) is 11.8 Å². The predicted molar refractivity (Wildman–Crippen MR) is 97.3 cm³/mol. The second kappa shape index (κ2) is 8.19. The molecule has 3 atom stereocenters. The monoisotopic (exact) mass is 375 g/mol. The molecule has 10 heteroatoms. The Morgan fingerprint density at radius 1 is 1.44 bits per heavy atom. The first-order valence-corrected chi connectivity index (χ1v) is 9.14. The van der Waals surface area contributed by atoms with E-state index in [0.717, 1.165) is 31.4 Å². The molecule has 3 rings (SSSR count). The summed E-state index contributed by atoms with van der Waals surface area (Å²) in [5.41, 5.74) is 1.27. The van der Waals surface area contributed by atoms with Crippen LogP contribution in [-0.4, -0.2) is 49.3 Å². The standard InChI is InChI=1S/C17H25N7O3/c1-4-10(2)19-17(26)27-12-6-5-11(7-12)13-8-15(22-21-13)20-16(25)14-9-18-23-24(14)3/h8-12H,4-7H2,1-3H3,(H,19,26)(H2,20,21,22,25)/t10-,11+,12-/m0/s1. The van der Waals surface area contributed by atoms with Crippen molar-refractivity contribution in [1.82, 2.24) is 30.5 Å². The van der Waals surface area contributed by atoms with Gasteiger partial charge in [-0.3, -0.25) is 9.89 Å². The molecule has 1 aliphatic carbocycles. The van der Waals surface area contributed by atoms with Gasteiger partial charge in [-0.1, -0.05) is 12.1 Å². The van der Waals surface area contributed by atoms with Gasteiger partial charge in [0.15, 0.2) is 5.82 Å². The molecule has 0 unspecified atom stereocenters. The number of rotatable bonds is 6. The highest BCUT2D eigenvalue weighted by Gasteiger charge is 2.30. The summed E-state index contributed by atoms with van der Waals surface area (Å²) in [6.45, 7) is 3.96. The molecule has 0 aromatic carbocycles. The molecule has 2 heterocycles. The third-order valence-corrected chi connectivity index (χ3v) is 4.86. The minimum Gasteiger partial charge on any atom is -0.446 e. The summed E-state index contributed by atoms with van der Waals surface area (Å²) in [6.07, 6.45) is 4.21. The van der Waals surface area contributed by atoms with E-state index in [1.807, 2.05) is 19.9 Å². The molecule has 146 valence electrons. The maximum atomic E-state index is 12.2. The highest BCUT2D eigenvalue weighted by Crippen LogP contribution is 2.35. The second-order valence-electron chi connectivity index (χ2n) is 6.90. The van der Waals surface area contributed by atoms with Crippen molar-refractivity contribution in [3.63, 3.8) is 0 Å². The summed E-state index contributed by atoms with van der Waals surface area (Å²) in [6, 6.07) is 1.91. The fourth-order valence-corrected chi connectivity index (χ4v) is 3.10. The molecule has 0 radical (unpaired) electrons. The maximum Gasteiger partial charge on any atom is 0.407 e. The van der Waals surface area contributed by atoms with Crippen molar-refractivity contribution in [1.29, 1.82) is 0 Å². The SMILES string of the molecule is CC[C@H](C)NC(=O)O[C@H]1CC[C@@H](c2cc(NC(=O)c3cnnn3C)n[nH]2)C1. The Hall–Kier alpha value is -2.91. The van der Waals surface area contributed by atoms with Gasteiger partial charge < -0.3 is 15.4 Å². The van der Waals surface area contributed by atoms with Crippen molar-refractivity contribution in [2.45, 2.75) is 57.6 Å². The van der Waals surface area contributed by atoms with Gasteiger partial charge >= 0.3 is 6.09 Å². The number of alkyl carbamates (subject to hydrolysis) is 1. The lowest BCUT2D eigenvalue weighted by atomic mass is 10.0. The number of nitrogens with one attached hydrogen (secondary N) is 3. The summed E-state index contributed by atoms with van der Waals surface area (Å²) in [4.78, 5) is 24.0.